The molecular weight excluding hydrogens is 1830 g/mol. The number of rotatable bonds is 26. The third kappa shape index (κ3) is 45.7. The molecule has 628 valence electrons. The number of likely N-dealkylation sites (tertiary alicyclic amines) is 2. The van der Waals surface area contributed by atoms with E-state index in [-0.39, 0.29) is 128 Å². The number of thiophene rings is 2. The molecule has 3 aliphatic rings. The fraction of sp³-hybridized carbons (Fsp3) is 0.493. The molecule has 2 aromatic heterocycles. The Labute approximate surface area is 723 Å². The molecule has 0 saturated carbocycles. The van der Waals surface area contributed by atoms with E-state index < -0.39 is 79.2 Å². The minimum Gasteiger partial charge on any atom is -1.00 e. The molecular formula is C71H106Cl3IN7NaO19S10. The molecule has 6 aromatic carbocycles. The van der Waals surface area contributed by atoms with Crippen molar-refractivity contribution in [2.24, 2.45) is 5.14 Å². The van der Waals surface area contributed by atoms with Gasteiger partial charge in [-0.25, -0.2) is 72.5 Å². The zero-order valence-electron chi connectivity index (χ0n) is 63.7. The van der Waals surface area contributed by atoms with E-state index in [1.807, 2.05) is 0 Å². The summed E-state index contributed by atoms with van der Waals surface area (Å²) in [5, 5.41) is 31.2. The second-order valence-electron chi connectivity index (χ2n) is 25.8. The van der Waals surface area contributed by atoms with Crippen LogP contribution in [-0.4, -0.2) is 218 Å². The predicted molar refractivity (Wildman–Crippen MR) is 455 cm³/mol. The van der Waals surface area contributed by atoms with E-state index in [0.717, 1.165) is 89.7 Å². The van der Waals surface area contributed by atoms with Crippen molar-refractivity contribution in [3.8, 4) is 9.79 Å². The molecule has 0 amide bonds. The normalized spacial score (nSPS) is 14.4. The summed E-state index contributed by atoms with van der Waals surface area (Å²) in [6, 6.07) is 52.3. The number of fused-ring (bicyclic) bond motifs is 6. The van der Waals surface area contributed by atoms with Gasteiger partial charge in [0, 0.05) is 90.1 Å². The number of nitrogens with two attached hydrogens (primary N) is 1. The number of benzene rings is 6. The van der Waals surface area contributed by atoms with Crippen molar-refractivity contribution in [3.63, 3.8) is 0 Å². The van der Waals surface area contributed by atoms with Crippen LogP contribution >= 0.6 is 54.8 Å². The number of aliphatic hydroxyl groups excluding tert-OH is 2. The zero-order valence-corrected chi connectivity index (χ0v) is 78.3. The number of primary sulfonamides is 1. The van der Waals surface area contributed by atoms with Crippen LogP contribution in [0.2, 0.25) is 0 Å². The minimum absolute atomic E-state index is 0. The van der Waals surface area contributed by atoms with Crippen molar-refractivity contribution in [2.75, 3.05) is 125 Å². The molecule has 0 spiro atoms. The fourth-order valence-corrected chi connectivity index (χ4v) is 25.4. The first-order chi connectivity index (χ1) is 51.2. The second-order valence-corrected chi connectivity index (χ2v) is 46.3. The van der Waals surface area contributed by atoms with Crippen LogP contribution in [0.15, 0.2) is 146 Å². The van der Waals surface area contributed by atoms with E-state index in [0.29, 0.717) is 38.2 Å². The smallest absolute Gasteiger partial charge is 1.00 e. The average molecular weight is 1940 g/mol. The third-order valence-corrected chi connectivity index (χ3v) is 31.2. The van der Waals surface area contributed by atoms with Crippen molar-refractivity contribution in [2.45, 2.75) is 96.3 Å². The van der Waals surface area contributed by atoms with E-state index in [4.69, 9.17) is 44.1 Å². The maximum atomic E-state index is 11.4. The first-order valence-electron chi connectivity index (χ1n) is 35.2. The summed E-state index contributed by atoms with van der Waals surface area (Å²) in [6.07, 6.45) is 17.7. The molecule has 0 unspecified atom stereocenters. The maximum absolute atomic E-state index is 11.4. The Kier molecular flexibility index (Phi) is 51.8. The molecule has 112 heavy (non-hydrogen) atoms. The first kappa shape index (κ1) is 108. The first-order valence-corrected chi connectivity index (χ1v) is 53.7. The van der Waals surface area contributed by atoms with Gasteiger partial charge in [0.15, 0.2) is 28.6 Å². The summed E-state index contributed by atoms with van der Waals surface area (Å²) < 4.78 is 182. The van der Waals surface area contributed by atoms with E-state index in [9.17, 15) is 67.3 Å². The van der Waals surface area contributed by atoms with Gasteiger partial charge in [-0.15, -0.1) is 31.5 Å². The molecule has 0 aliphatic carbocycles. The van der Waals surface area contributed by atoms with E-state index >= 15 is 0 Å². The molecule has 0 atom stereocenters. The number of nitrogens with zero attached hydrogens (tertiary/aromatic N) is 3. The summed E-state index contributed by atoms with van der Waals surface area (Å²) in [5.41, 5.74) is 2.38. The van der Waals surface area contributed by atoms with Crippen LogP contribution in [-0.2, 0) is 92.1 Å². The van der Waals surface area contributed by atoms with Gasteiger partial charge in [0.25, 0.3) is 0 Å². The van der Waals surface area contributed by atoms with Crippen molar-refractivity contribution < 1.29 is 137 Å². The molecule has 3 aliphatic heterocycles. The van der Waals surface area contributed by atoms with Crippen LogP contribution in [0.25, 0.3) is 54.3 Å². The van der Waals surface area contributed by atoms with Gasteiger partial charge >= 0.3 is 29.6 Å². The number of halogens is 4. The molecule has 41 heteroatoms. The van der Waals surface area contributed by atoms with Crippen LogP contribution < -0.4 is 72.2 Å². The largest absolute Gasteiger partial charge is 1.00 e. The Morgan fingerprint density at radius 1 is 0.446 bits per heavy atom. The number of aliphatic hydroxyl groups is 2. The summed E-state index contributed by atoms with van der Waals surface area (Å²) in [5.74, 6) is -0.120. The monoisotopic (exact) mass is 1940 g/mol. The number of alkyl halides is 2. The number of piperidine rings is 3. The summed E-state index contributed by atoms with van der Waals surface area (Å²) in [4.78, 5) is 7.12. The summed E-state index contributed by atoms with van der Waals surface area (Å²) in [7, 11) is -24.1. The van der Waals surface area contributed by atoms with Crippen LogP contribution in [0.1, 0.15) is 94.6 Å². The van der Waals surface area contributed by atoms with Crippen molar-refractivity contribution in [1.29, 1.82) is 0 Å². The maximum Gasteiger partial charge on any atom is 1.00 e. The van der Waals surface area contributed by atoms with E-state index in [1.165, 1.54) is 111 Å². The van der Waals surface area contributed by atoms with Gasteiger partial charge in [-0.05, 0) is 213 Å². The minimum atomic E-state index is -3.83. The van der Waals surface area contributed by atoms with Gasteiger partial charge in [-0.3, -0.25) is 0 Å². The fourth-order valence-electron chi connectivity index (χ4n) is 11.4. The van der Waals surface area contributed by atoms with Gasteiger partial charge in [0.2, 0.25) is 59.2 Å². The van der Waals surface area contributed by atoms with Gasteiger partial charge < -0.3 is 58.9 Å². The quantitative estimate of drug-likeness (QED) is 0.0137. The van der Waals surface area contributed by atoms with Crippen molar-refractivity contribution in [1.82, 2.24) is 23.4 Å². The topological polar surface area (TPSA) is 426 Å². The number of nitrogens with one attached hydrogen (secondary N) is 3. The molecule has 0 radical (unpaired) electrons. The molecule has 8 aromatic rings. The number of sulfonamides is 7. The Balaban J connectivity index is 0.000000663. The van der Waals surface area contributed by atoms with Gasteiger partial charge in [0.1, 0.15) is 0 Å². The summed E-state index contributed by atoms with van der Waals surface area (Å²) >= 11 is 10.4. The predicted octanol–water partition coefficient (Wildman–Crippen LogP) is 4.97. The molecule has 3 saturated heterocycles. The number of hydrogen-bond donors (Lipinski definition) is 6. The number of hydrogen-bond acceptors (Lipinski definition) is 22. The van der Waals surface area contributed by atoms with Crippen molar-refractivity contribution >= 4 is 174 Å². The molecule has 0 bridgehead atoms. The Morgan fingerprint density at radius 3 is 1.00 bits per heavy atom. The van der Waals surface area contributed by atoms with Crippen LogP contribution in [0.4, 0.5) is 0 Å². The molecule has 3 fully saturated rings. The van der Waals surface area contributed by atoms with E-state index in [2.05, 4.69) is 170 Å². The Bertz CT molecular complexity index is 4680. The third-order valence-electron chi connectivity index (χ3n) is 15.9. The van der Waals surface area contributed by atoms with E-state index in [1.54, 1.807) is 4.13 Å². The molecule has 26 nitrogen and oxygen atoms in total. The Hall–Kier alpha value is -2.44. The molecule has 8 N–H and O–H groups in total. The Morgan fingerprint density at radius 2 is 0.741 bits per heavy atom. The molecule has 11 rings (SSSR count). The SMILES string of the molecule is C1CCNCC1.CS(=O)(=O)NS(=O)(=O)CCCCl.CS(=O)(=O)NS(=O)(=O)CCCN1CCCCC1.CS(=O)(=O)[N-]S(=O)(=O)CCCN1CCCCC1.CS(N)(=O)=O.O=S(=O)(Cl)CCCCl.OCCc1ccc(-[s+]2c3ccccc3c3ccccc32)cc1.OCCc1ccc(-[s+]2c3ccccc3c3ccccc32)cc1.[I-].[Na+].[OH-]. The van der Waals surface area contributed by atoms with Crippen LogP contribution in [0.5, 0.6) is 0 Å². The molecule has 5 heterocycles. The standard InChI is InChI=1S/2C20H17OS.C9H20N2O4S2.C9H19N2O4S2.C5H11N.C4H10ClNO4S2.C3H6Cl2O2S.CH5NO2S.HI.Na.H2O/c2*21-14-13-15-9-11-16(12-10-15)22-19-7-3-1-5-17(19)18-6-2-4-8-20(18)22;2*1-16(12,13)10-17(14,15)9-5-8-11-6-3-2-4-7-11;1-2-4-6-5-3-1;1-11(7,8)6-12(9,10)4-2-3-5;4-2-1-3-8(5,6)7;1-5(2,3)4;;;/h2*1-12,21H,13-14H2;10H,2-9H2,1H3;2-9H2,1H3;6H,1-5H2;6H,2-4H2,1H3;1-3H2;1H3,(H2,2,3,4);1H;;1H2/q2*+1;;-1;;;;;;+1;/p-2. The van der Waals surface area contributed by atoms with Crippen LogP contribution in [0, 0.1) is 0 Å². The second kappa shape index (κ2) is 54.0. The average Bonchev–Trinajstić information content (AvgIpc) is 1.61. The van der Waals surface area contributed by atoms with Gasteiger partial charge in [-0.2, -0.15) is 0 Å². The zero-order chi connectivity index (χ0) is 81.0. The van der Waals surface area contributed by atoms with Gasteiger partial charge in [-0.1, -0.05) is 92.1 Å². The van der Waals surface area contributed by atoms with Gasteiger partial charge in [0.05, 0.1) is 56.1 Å². The van der Waals surface area contributed by atoms with Crippen LogP contribution in [0.3, 0.4) is 0 Å². The summed E-state index contributed by atoms with van der Waals surface area (Å²) in [6.45, 7) is 8.35. The van der Waals surface area contributed by atoms with Crippen molar-refractivity contribution in [3.05, 3.63) is 161 Å².